The Balaban J connectivity index is 1.88. The average Bonchev–Trinajstić information content (AvgIpc) is 2.87. The second kappa shape index (κ2) is 11.1. The molecular formula is C34H44N2O3. The summed E-state index contributed by atoms with van der Waals surface area (Å²) in [5, 5.41) is 10.4. The van der Waals surface area contributed by atoms with Crippen molar-refractivity contribution in [1.29, 1.82) is 0 Å². The number of aliphatic carboxylic acids is 1. The fourth-order valence-corrected chi connectivity index (χ4v) is 5.52. The normalized spacial score (nSPS) is 16.3. The highest BCUT2D eigenvalue weighted by Gasteiger charge is 2.36. The SMILES string of the molecule is CCc1ccc(-c2ccc(-c3c(C)nc(C)c(C(OC(C)(C)C)C(=O)O)c3N3CCC(C)(C)CC3)cc2)cc1. The fraction of sp³-hybridized carbons (Fsp3) is 0.471. The summed E-state index contributed by atoms with van der Waals surface area (Å²) in [6, 6.07) is 17.3. The van der Waals surface area contributed by atoms with Gasteiger partial charge in [-0.1, -0.05) is 69.3 Å². The van der Waals surface area contributed by atoms with Gasteiger partial charge in [-0.3, -0.25) is 4.98 Å². The zero-order valence-electron chi connectivity index (χ0n) is 24.9. The van der Waals surface area contributed by atoms with Gasteiger partial charge in [0.05, 0.1) is 11.3 Å². The number of rotatable bonds is 7. The summed E-state index contributed by atoms with van der Waals surface area (Å²) in [5.74, 6) is -0.992. The Labute approximate surface area is 234 Å². The van der Waals surface area contributed by atoms with E-state index in [1.165, 1.54) is 11.1 Å². The van der Waals surface area contributed by atoms with E-state index in [2.05, 4.69) is 74.2 Å². The topological polar surface area (TPSA) is 62.7 Å². The number of anilines is 1. The first-order valence-electron chi connectivity index (χ1n) is 14.2. The minimum absolute atomic E-state index is 0.261. The van der Waals surface area contributed by atoms with E-state index < -0.39 is 17.7 Å². The molecule has 0 aliphatic carbocycles. The Bertz CT molecular complexity index is 1310. The number of aryl methyl sites for hydroxylation is 3. The number of carboxylic acid groups (broad SMARTS) is 1. The summed E-state index contributed by atoms with van der Waals surface area (Å²) in [5.41, 5.74) is 8.54. The minimum Gasteiger partial charge on any atom is -0.479 e. The Hall–Kier alpha value is -3.18. The molecule has 0 saturated carbocycles. The molecule has 1 aliphatic heterocycles. The molecule has 1 unspecified atom stereocenters. The van der Waals surface area contributed by atoms with Gasteiger partial charge in [0.25, 0.3) is 0 Å². The van der Waals surface area contributed by atoms with E-state index in [0.29, 0.717) is 11.3 Å². The lowest BCUT2D eigenvalue weighted by molar-refractivity contribution is -0.160. The third kappa shape index (κ3) is 6.52. The molecule has 1 atom stereocenters. The maximum Gasteiger partial charge on any atom is 0.337 e. The molecule has 1 aliphatic rings. The van der Waals surface area contributed by atoms with Crippen LogP contribution in [0, 0.1) is 19.3 Å². The first kappa shape index (κ1) is 28.8. The predicted octanol–water partition coefficient (Wildman–Crippen LogP) is 8.16. The zero-order valence-corrected chi connectivity index (χ0v) is 24.9. The van der Waals surface area contributed by atoms with Gasteiger partial charge in [-0.25, -0.2) is 4.79 Å². The van der Waals surface area contributed by atoms with E-state index in [1.54, 1.807) is 0 Å². The monoisotopic (exact) mass is 528 g/mol. The third-order valence-electron chi connectivity index (χ3n) is 7.84. The molecule has 0 spiro atoms. The van der Waals surface area contributed by atoms with Crippen LogP contribution in [0.4, 0.5) is 5.69 Å². The summed E-state index contributed by atoms with van der Waals surface area (Å²) in [4.78, 5) is 19.9. The van der Waals surface area contributed by atoms with Gasteiger partial charge < -0.3 is 14.7 Å². The molecule has 39 heavy (non-hydrogen) atoms. The van der Waals surface area contributed by atoms with Crippen molar-refractivity contribution in [1.82, 2.24) is 4.98 Å². The number of ether oxygens (including phenoxy) is 1. The lowest BCUT2D eigenvalue weighted by atomic mass is 9.81. The van der Waals surface area contributed by atoms with Gasteiger partial charge in [-0.05, 0) is 81.5 Å². The van der Waals surface area contributed by atoms with Crippen LogP contribution in [0.2, 0.25) is 0 Å². The van der Waals surface area contributed by atoms with Gasteiger partial charge in [0.1, 0.15) is 0 Å². The highest BCUT2D eigenvalue weighted by Crippen LogP contribution is 2.45. The van der Waals surface area contributed by atoms with E-state index in [-0.39, 0.29) is 5.41 Å². The average molecular weight is 529 g/mol. The standard InChI is InChI=1S/C34H44N2O3/c1-9-24-10-12-25(13-11-24)26-14-16-27(17-15-26)28-22(2)35-23(3)29(31(32(37)38)39-33(4,5)6)30(28)36-20-18-34(7,8)19-21-36/h10-17,31H,9,18-21H2,1-8H3,(H,37,38). The molecule has 0 radical (unpaired) electrons. The quantitative estimate of drug-likeness (QED) is 0.335. The van der Waals surface area contributed by atoms with Crippen LogP contribution < -0.4 is 4.90 Å². The summed E-state index contributed by atoms with van der Waals surface area (Å²) in [7, 11) is 0. The Morgan fingerprint density at radius 3 is 1.95 bits per heavy atom. The molecule has 2 heterocycles. The molecule has 208 valence electrons. The maximum atomic E-state index is 12.7. The van der Waals surface area contributed by atoms with Crippen LogP contribution in [0.25, 0.3) is 22.3 Å². The summed E-state index contributed by atoms with van der Waals surface area (Å²) >= 11 is 0. The number of nitrogens with zero attached hydrogens (tertiary/aromatic N) is 2. The van der Waals surface area contributed by atoms with Crippen molar-refractivity contribution in [2.75, 3.05) is 18.0 Å². The minimum atomic E-state index is -1.11. The highest BCUT2D eigenvalue weighted by atomic mass is 16.5. The molecule has 4 rings (SSSR count). The van der Waals surface area contributed by atoms with Crippen molar-refractivity contribution in [2.45, 2.75) is 86.4 Å². The number of hydrogen-bond acceptors (Lipinski definition) is 4. The lowest BCUT2D eigenvalue weighted by Gasteiger charge is -2.41. The molecule has 2 aromatic carbocycles. The van der Waals surface area contributed by atoms with Gasteiger partial charge in [0, 0.05) is 35.6 Å². The zero-order chi connectivity index (χ0) is 28.5. The van der Waals surface area contributed by atoms with Crippen LogP contribution in [0.15, 0.2) is 48.5 Å². The molecule has 0 amide bonds. The number of pyridine rings is 1. The van der Waals surface area contributed by atoms with E-state index in [1.807, 2.05) is 34.6 Å². The van der Waals surface area contributed by atoms with Crippen molar-refractivity contribution >= 4 is 11.7 Å². The van der Waals surface area contributed by atoms with E-state index in [9.17, 15) is 9.90 Å². The van der Waals surface area contributed by atoms with Crippen LogP contribution in [-0.4, -0.2) is 34.8 Å². The van der Waals surface area contributed by atoms with Crippen molar-refractivity contribution in [3.05, 3.63) is 71.0 Å². The summed E-state index contributed by atoms with van der Waals surface area (Å²) in [6.45, 7) is 18.1. The predicted molar refractivity (Wildman–Crippen MR) is 160 cm³/mol. The van der Waals surface area contributed by atoms with Crippen LogP contribution in [0.1, 0.15) is 83.0 Å². The Morgan fingerprint density at radius 2 is 1.46 bits per heavy atom. The van der Waals surface area contributed by atoms with Gasteiger partial charge in [-0.15, -0.1) is 0 Å². The third-order valence-corrected chi connectivity index (χ3v) is 7.84. The highest BCUT2D eigenvalue weighted by molar-refractivity contribution is 5.88. The Kier molecular flexibility index (Phi) is 8.22. The van der Waals surface area contributed by atoms with Gasteiger partial charge in [-0.2, -0.15) is 0 Å². The van der Waals surface area contributed by atoms with Crippen molar-refractivity contribution < 1.29 is 14.6 Å². The molecular weight excluding hydrogens is 484 g/mol. The molecule has 5 nitrogen and oxygen atoms in total. The van der Waals surface area contributed by atoms with Crippen molar-refractivity contribution in [2.24, 2.45) is 5.41 Å². The first-order chi connectivity index (χ1) is 18.3. The van der Waals surface area contributed by atoms with Crippen LogP contribution in [0.3, 0.4) is 0 Å². The van der Waals surface area contributed by atoms with E-state index in [4.69, 9.17) is 9.72 Å². The number of carboxylic acids is 1. The molecule has 1 saturated heterocycles. The molecule has 1 N–H and O–H groups in total. The first-order valence-corrected chi connectivity index (χ1v) is 14.2. The fourth-order valence-electron chi connectivity index (χ4n) is 5.52. The second-order valence-electron chi connectivity index (χ2n) is 12.6. The van der Waals surface area contributed by atoms with Crippen LogP contribution >= 0.6 is 0 Å². The Morgan fingerprint density at radius 1 is 0.949 bits per heavy atom. The number of aromatic nitrogens is 1. The maximum absolute atomic E-state index is 12.7. The number of piperidine rings is 1. The molecule has 0 bridgehead atoms. The van der Waals surface area contributed by atoms with Gasteiger partial charge in [0.15, 0.2) is 6.10 Å². The van der Waals surface area contributed by atoms with Crippen LogP contribution in [-0.2, 0) is 16.0 Å². The summed E-state index contributed by atoms with van der Waals surface area (Å²) < 4.78 is 6.20. The second-order valence-corrected chi connectivity index (χ2v) is 12.6. The number of hydrogen-bond donors (Lipinski definition) is 1. The van der Waals surface area contributed by atoms with E-state index in [0.717, 1.165) is 60.4 Å². The smallest absolute Gasteiger partial charge is 0.337 e. The van der Waals surface area contributed by atoms with Crippen molar-refractivity contribution in [3.63, 3.8) is 0 Å². The van der Waals surface area contributed by atoms with Gasteiger partial charge in [0.2, 0.25) is 0 Å². The van der Waals surface area contributed by atoms with Crippen LogP contribution in [0.5, 0.6) is 0 Å². The number of carbonyl (C=O) groups is 1. The largest absolute Gasteiger partial charge is 0.479 e. The summed E-state index contributed by atoms with van der Waals surface area (Å²) in [6.07, 6.45) is 1.99. The molecule has 5 heteroatoms. The molecule has 1 fully saturated rings. The number of benzene rings is 2. The van der Waals surface area contributed by atoms with Crippen molar-refractivity contribution in [3.8, 4) is 22.3 Å². The molecule has 3 aromatic rings. The molecule has 1 aromatic heterocycles. The lowest BCUT2D eigenvalue weighted by Crippen LogP contribution is -2.39. The van der Waals surface area contributed by atoms with Gasteiger partial charge >= 0.3 is 5.97 Å². The van der Waals surface area contributed by atoms with E-state index >= 15 is 0 Å².